The Morgan fingerprint density at radius 1 is 1.00 bits per heavy atom. The number of halogens is 2. The molecule has 1 unspecified atom stereocenters. The highest BCUT2D eigenvalue weighted by Gasteiger charge is 2.19. The second-order valence-corrected chi connectivity index (χ2v) is 7.41. The summed E-state index contributed by atoms with van der Waals surface area (Å²) < 4.78 is 19.4. The zero-order valence-corrected chi connectivity index (χ0v) is 17.1. The normalized spacial score (nSPS) is 12.2. The standard InChI is InChI=1S/C22H34ClFO2/c1-3-5-6-7-8-9-10-11-12-13-15-18(4-2)26-22(25)19-16-14-17-20(23)21(19)24/h14,16-18H,3-13,15H2,1-2H3. The van der Waals surface area contributed by atoms with Gasteiger partial charge in [0, 0.05) is 0 Å². The summed E-state index contributed by atoms with van der Waals surface area (Å²) in [6.07, 6.45) is 14.2. The number of carbonyl (C=O) groups is 1. The van der Waals surface area contributed by atoms with Crippen LogP contribution in [-0.4, -0.2) is 12.1 Å². The van der Waals surface area contributed by atoms with Crippen LogP contribution in [0.3, 0.4) is 0 Å². The van der Waals surface area contributed by atoms with E-state index in [-0.39, 0.29) is 16.7 Å². The van der Waals surface area contributed by atoms with Crippen LogP contribution in [0.25, 0.3) is 0 Å². The molecule has 0 heterocycles. The lowest BCUT2D eigenvalue weighted by Crippen LogP contribution is -2.18. The lowest BCUT2D eigenvalue weighted by molar-refractivity contribution is 0.0262. The Balaban J connectivity index is 2.19. The van der Waals surface area contributed by atoms with Crippen LogP contribution in [0.1, 0.15) is 101 Å². The molecule has 1 aromatic rings. The van der Waals surface area contributed by atoms with E-state index in [0.29, 0.717) is 0 Å². The number of ether oxygens (including phenoxy) is 1. The van der Waals surface area contributed by atoms with Crippen LogP contribution < -0.4 is 0 Å². The van der Waals surface area contributed by atoms with Crippen LogP contribution >= 0.6 is 11.6 Å². The number of carbonyl (C=O) groups excluding carboxylic acids is 1. The molecule has 0 fully saturated rings. The predicted octanol–water partition coefficient (Wildman–Crippen LogP) is 7.73. The molecule has 0 saturated carbocycles. The van der Waals surface area contributed by atoms with Crippen LogP contribution in [0.2, 0.25) is 5.02 Å². The van der Waals surface area contributed by atoms with Gasteiger partial charge in [0.25, 0.3) is 0 Å². The Bertz CT molecular complexity index is 519. The Hall–Kier alpha value is -1.09. The van der Waals surface area contributed by atoms with Crippen molar-refractivity contribution in [3.63, 3.8) is 0 Å². The topological polar surface area (TPSA) is 26.3 Å². The van der Waals surface area contributed by atoms with Gasteiger partial charge in [-0.2, -0.15) is 0 Å². The molecule has 4 heteroatoms. The maximum atomic E-state index is 13.9. The van der Waals surface area contributed by atoms with Crippen molar-refractivity contribution >= 4 is 17.6 Å². The molecule has 1 atom stereocenters. The molecule has 0 N–H and O–H groups in total. The molecule has 148 valence electrons. The minimum atomic E-state index is -0.701. The highest BCUT2D eigenvalue weighted by Crippen LogP contribution is 2.20. The minimum Gasteiger partial charge on any atom is -0.459 e. The van der Waals surface area contributed by atoms with Crippen molar-refractivity contribution < 1.29 is 13.9 Å². The zero-order valence-electron chi connectivity index (χ0n) is 16.4. The Morgan fingerprint density at radius 2 is 1.58 bits per heavy atom. The lowest BCUT2D eigenvalue weighted by atomic mass is 10.0. The van der Waals surface area contributed by atoms with Crippen molar-refractivity contribution in [1.29, 1.82) is 0 Å². The summed E-state index contributed by atoms with van der Waals surface area (Å²) in [5, 5.41) is -0.0535. The van der Waals surface area contributed by atoms with Gasteiger partial charge in [-0.25, -0.2) is 9.18 Å². The van der Waals surface area contributed by atoms with Crippen LogP contribution in [0.15, 0.2) is 18.2 Å². The van der Waals surface area contributed by atoms with Gasteiger partial charge in [-0.1, -0.05) is 89.3 Å². The molecule has 0 aromatic heterocycles. The molecule has 0 bridgehead atoms. The third kappa shape index (κ3) is 9.02. The van der Waals surface area contributed by atoms with Crippen molar-refractivity contribution in [3.8, 4) is 0 Å². The van der Waals surface area contributed by atoms with E-state index in [1.165, 1.54) is 63.5 Å². The third-order valence-electron chi connectivity index (χ3n) is 4.78. The van der Waals surface area contributed by atoms with E-state index in [2.05, 4.69) is 6.92 Å². The van der Waals surface area contributed by atoms with Gasteiger partial charge in [0.15, 0.2) is 5.82 Å². The fourth-order valence-corrected chi connectivity index (χ4v) is 3.26. The Kier molecular flexibility index (Phi) is 12.4. The number of benzene rings is 1. The van der Waals surface area contributed by atoms with E-state index in [1.807, 2.05) is 6.92 Å². The van der Waals surface area contributed by atoms with Crippen molar-refractivity contribution in [1.82, 2.24) is 0 Å². The van der Waals surface area contributed by atoms with Gasteiger partial charge in [0.1, 0.15) is 6.10 Å². The fraction of sp³-hybridized carbons (Fsp3) is 0.682. The van der Waals surface area contributed by atoms with Gasteiger partial charge in [-0.15, -0.1) is 0 Å². The van der Waals surface area contributed by atoms with Crippen LogP contribution in [0.4, 0.5) is 4.39 Å². The first-order valence-corrected chi connectivity index (χ1v) is 10.6. The van der Waals surface area contributed by atoms with E-state index in [1.54, 1.807) is 6.07 Å². The first-order valence-electron chi connectivity index (χ1n) is 10.2. The molecule has 1 rings (SSSR count). The fourth-order valence-electron chi connectivity index (χ4n) is 3.08. The number of rotatable bonds is 14. The first-order chi connectivity index (χ1) is 12.6. The Labute approximate surface area is 163 Å². The molecule has 0 aliphatic carbocycles. The molecular formula is C22H34ClFO2. The maximum Gasteiger partial charge on any atom is 0.341 e. The molecule has 1 aromatic carbocycles. The molecule has 2 nitrogen and oxygen atoms in total. The van der Waals surface area contributed by atoms with Crippen LogP contribution in [0, 0.1) is 5.82 Å². The van der Waals surface area contributed by atoms with Crippen molar-refractivity contribution in [3.05, 3.63) is 34.6 Å². The van der Waals surface area contributed by atoms with E-state index in [9.17, 15) is 9.18 Å². The predicted molar refractivity (Wildman–Crippen MR) is 107 cm³/mol. The van der Waals surface area contributed by atoms with Gasteiger partial charge < -0.3 is 4.74 Å². The number of unbranched alkanes of at least 4 members (excludes halogenated alkanes) is 9. The summed E-state index contributed by atoms with van der Waals surface area (Å²) in [5.74, 6) is -1.32. The molecule has 26 heavy (non-hydrogen) atoms. The maximum absolute atomic E-state index is 13.9. The van der Waals surface area contributed by atoms with E-state index < -0.39 is 11.8 Å². The van der Waals surface area contributed by atoms with Gasteiger partial charge in [0.2, 0.25) is 0 Å². The second kappa shape index (κ2) is 14.0. The summed E-state index contributed by atoms with van der Waals surface area (Å²) in [5.41, 5.74) is -0.0842. The summed E-state index contributed by atoms with van der Waals surface area (Å²) in [4.78, 5) is 12.1. The average molecular weight is 385 g/mol. The van der Waals surface area contributed by atoms with Gasteiger partial charge >= 0.3 is 5.97 Å². The quantitative estimate of drug-likeness (QED) is 0.242. The minimum absolute atomic E-state index is 0.0535. The smallest absolute Gasteiger partial charge is 0.341 e. The molecule has 0 amide bonds. The summed E-state index contributed by atoms with van der Waals surface area (Å²) >= 11 is 5.72. The van der Waals surface area contributed by atoms with Crippen LogP contribution in [0.5, 0.6) is 0 Å². The number of hydrogen-bond acceptors (Lipinski definition) is 2. The Morgan fingerprint density at radius 3 is 2.15 bits per heavy atom. The highest BCUT2D eigenvalue weighted by atomic mass is 35.5. The summed E-state index contributed by atoms with van der Waals surface area (Å²) in [7, 11) is 0. The molecular weight excluding hydrogens is 351 g/mol. The lowest BCUT2D eigenvalue weighted by Gasteiger charge is -2.16. The molecule has 0 spiro atoms. The summed E-state index contributed by atoms with van der Waals surface area (Å²) in [6.45, 7) is 4.23. The third-order valence-corrected chi connectivity index (χ3v) is 5.07. The second-order valence-electron chi connectivity index (χ2n) is 7.01. The van der Waals surface area contributed by atoms with Crippen molar-refractivity contribution in [2.24, 2.45) is 0 Å². The van der Waals surface area contributed by atoms with Crippen LogP contribution in [-0.2, 0) is 4.74 Å². The SMILES string of the molecule is CCCCCCCCCCCCC(CC)OC(=O)c1cccc(Cl)c1F. The van der Waals surface area contributed by atoms with Gasteiger partial charge in [-0.05, 0) is 31.4 Å². The van der Waals surface area contributed by atoms with E-state index in [0.717, 1.165) is 25.7 Å². The van der Waals surface area contributed by atoms with E-state index in [4.69, 9.17) is 16.3 Å². The molecule has 0 radical (unpaired) electrons. The number of hydrogen-bond donors (Lipinski definition) is 0. The average Bonchev–Trinajstić information content (AvgIpc) is 2.64. The summed E-state index contributed by atoms with van der Waals surface area (Å²) in [6, 6.07) is 4.40. The number of esters is 1. The largest absolute Gasteiger partial charge is 0.459 e. The van der Waals surface area contributed by atoms with Gasteiger partial charge in [-0.3, -0.25) is 0 Å². The molecule has 0 saturated heterocycles. The zero-order chi connectivity index (χ0) is 19.2. The monoisotopic (exact) mass is 384 g/mol. The van der Waals surface area contributed by atoms with Crippen molar-refractivity contribution in [2.45, 2.75) is 97.0 Å². The first kappa shape index (κ1) is 23.0. The van der Waals surface area contributed by atoms with E-state index >= 15 is 0 Å². The highest BCUT2D eigenvalue weighted by molar-refractivity contribution is 6.31. The molecule has 0 aliphatic heterocycles. The molecule has 0 aliphatic rings. The van der Waals surface area contributed by atoms with Crippen molar-refractivity contribution in [2.75, 3.05) is 0 Å². The van der Waals surface area contributed by atoms with Gasteiger partial charge in [0.05, 0.1) is 10.6 Å².